The van der Waals surface area contributed by atoms with Crippen LogP contribution < -0.4 is 0 Å². The van der Waals surface area contributed by atoms with Crippen LogP contribution in [0.15, 0.2) is 109 Å². The van der Waals surface area contributed by atoms with E-state index in [4.69, 9.17) is 14.2 Å². The van der Waals surface area contributed by atoms with Crippen LogP contribution in [0.5, 0.6) is 0 Å². The lowest BCUT2D eigenvalue weighted by Gasteiger charge is -2.18. The van der Waals surface area contributed by atoms with Gasteiger partial charge in [-0.25, -0.2) is 0 Å². The molecule has 68 heavy (non-hydrogen) atoms. The van der Waals surface area contributed by atoms with E-state index < -0.39 is 6.10 Å². The highest BCUT2D eigenvalue weighted by atomic mass is 16.6. The fourth-order valence-electron chi connectivity index (χ4n) is 7.45. The van der Waals surface area contributed by atoms with Crippen LogP contribution in [-0.4, -0.2) is 37.2 Å². The summed E-state index contributed by atoms with van der Waals surface area (Å²) >= 11 is 0. The number of carbonyl (C=O) groups is 3. The molecule has 0 radical (unpaired) electrons. The van der Waals surface area contributed by atoms with Crippen LogP contribution in [0.3, 0.4) is 0 Å². The summed E-state index contributed by atoms with van der Waals surface area (Å²) in [5.74, 6) is -1.01. The Morgan fingerprint density at radius 1 is 0.309 bits per heavy atom. The third-order valence-corrected chi connectivity index (χ3v) is 11.7. The smallest absolute Gasteiger partial charge is 0.306 e. The van der Waals surface area contributed by atoms with Crippen LogP contribution in [0.2, 0.25) is 0 Å². The Morgan fingerprint density at radius 2 is 0.588 bits per heavy atom. The zero-order chi connectivity index (χ0) is 49.3. The van der Waals surface area contributed by atoms with Crippen molar-refractivity contribution >= 4 is 17.9 Å². The summed E-state index contributed by atoms with van der Waals surface area (Å²) in [4.78, 5) is 38.1. The molecule has 6 heteroatoms. The van der Waals surface area contributed by atoms with Gasteiger partial charge in [0.2, 0.25) is 0 Å². The summed E-state index contributed by atoms with van der Waals surface area (Å²) in [6.07, 6.45) is 75.1. The van der Waals surface area contributed by atoms with Crippen molar-refractivity contribution in [3.63, 3.8) is 0 Å². The lowest BCUT2D eigenvalue weighted by molar-refractivity contribution is -0.167. The topological polar surface area (TPSA) is 78.9 Å². The minimum Gasteiger partial charge on any atom is -0.462 e. The van der Waals surface area contributed by atoms with Crippen molar-refractivity contribution in [3.05, 3.63) is 109 Å². The van der Waals surface area contributed by atoms with E-state index in [0.29, 0.717) is 19.3 Å². The Bertz CT molecular complexity index is 1410. The Kier molecular flexibility index (Phi) is 52.4. The molecule has 0 rings (SSSR count). The quantitative estimate of drug-likeness (QED) is 0.0262. The van der Waals surface area contributed by atoms with Gasteiger partial charge >= 0.3 is 17.9 Å². The monoisotopic (exact) mass is 943 g/mol. The van der Waals surface area contributed by atoms with Crippen molar-refractivity contribution in [2.75, 3.05) is 13.2 Å². The van der Waals surface area contributed by atoms with Crippen LogP contribution in [-0.2, 0) is 28.6 Å². The SMILES string of the molecule is CC\C=C/C=C\C=C/C=C\C=C/CCCC(=O)OCC(COC(=O)CCCCCCCCCCCC/C=C\C=C/CCCCC)OC(=O)CCCCCCC/C=C\C=C/CCCCCCCCC. The molecule has 0 amide bonds. The fraction of sp³-hybridized carbons (Fsp3) is 0.661. The number of rotatable bonds is 49. The Hall–Kier alpha value is -3.93. The average Bonchev–Trinajstić information content (AvgIpc) is 3.34. The molecule has 0 aliphatic heterocycles. The standard InChI is InChI=1S/C62H102O6/c1-4-7-10-13-16-19-22-25-27-29-31-33-34-37-40-43-46-49-52-55-61(64)67-58-59(57-66-60(63)54-51-48-45-42-39-36-24-21-18-15-12-9-6-3)68-62(65)56-53-50-47-44-41-38-35-32-30-28-26-23-20-17-14-11-8-5-2/h9,12,15-16,18-19,21-22,24-25,28,30,32,35-36,39,42,45,59H,4-8,10-11,13-14,17,20,23,26-27,29,31,33-34,37-38,40-41,43-44,46-58H2,1-3H3/b12-9-,18-15-,19-16-,24-21-,25-22-,30-28-,35-32-,39-36-,45-42-. The first-order valence-corrected chi connectivity index (χ1v) is 28.0. The van der Waals surface area contributed by atoms with Gasteiger partial charge in [0.1, 0.15) is 13.2 Å². The van der Waals surface area contributed by atoms with Crippen molar-refractivity contribution < 1.29 is 28.6 Å². The minimum absolute atomic E-state index is 0.110. The maximum absolute atomic E-state index is 12.8. The first-order chi connectivity index (χ1) is 33.5. The fourth-order valence-corrected chi connectivity index (χ4v) is 7.45. The van der Waals surface area contributed by atoms with Gasteiger partial charge in [-0.2, -0.15) is 0 Å². The molecule has 6 nitrogen and oxygen atoms in total. The molecule has 0 aliphatic carbocycles. The largest absolute Gasteiger partial charge is 0.462 e. The average molecular weight is 943 g/mol. The molecule has 0 spiro atoms. The third-order valence-electron chi connectivity index (χ3n) is 11.7. The highest BCUT2D eigenvalue weighted by Gasteiger charge is 2.19. The molecule has 0 N–H and O–H groups in total. The molecule has 0 bridgehead atoms. The van der Waals surface area contributed by atoms with E-state index in [9.17, 15) is 14.4 Å². The molecule has 0 heterocycles. The normalized spacial score (nSPS) is 12.9. The molecular formula is C62H102O6. The van der Waals surface area contributed by atoms with Crippen LogP contribution >= 0.6 is 0 Å². The Morgan fingerprint density at radius 3 is 1.00 bits per heavy atom. The van der Waals surface area contributed by atoms with Gasteiger partial charge in [-0.05, 0) is 83.5 Å². The van der Waals surface area contributed by atoms with E-state index in [1.807, 2.05) is 54.7 Å². The van der Waals surface area contributed by atoms with E-state index in [0.717, 1.165) is 70.6 Å². The van der Waals surface area contributed by atoms with Crippen LogP contribution in [0, 0.1) is 0 Å². The molecule has 0 fully saturated rings. The first-order valence-electron chi connectivity index (χ1n) is 28.0. The van der Waals surface area contributed by atoms with Crippen molar-refractivity contribution in [2.24, 2.45) is 0 Å². The number of unbranched alkanes of at least 4 members (excludes halogenated alkanes) is 26. The van der Waals surface area contributed by atoms with E-state index >= 15 is 0 Å². The molecular weight excluding hydrogens is 841 g/mol. The summed E-state index contributed by atoms with van der Waals surface area (Å²) < 4.78 is 16.8. The van der Waals surface area contributed by atoms with Gasteiger partial charge in [0.25, 0.3) is 0 Å². The highest BCUT2D eigenvalue weighted by molar-refractivity contribution is 5.71. The Balaban J connectivity index is 4.48. The molecule has 0 aromatic heterocycles. The summed E-state index contributed by atoms with van der Waals surface area (Å²) in [6.45, 7) is 6.38. The predicted octanol–water partition coefficient (Wildman–Crippen LogP) is 18.7. The molecule has 1 atom stereocenters. The second kappa shape index (κ2) is 55.7. The molecule has 386 valence electrons. The van der Waals surface area contributed by atoms with Gasteiger partial charge in [-0.3, -0.25) is 14.4 Å². The van der Waals surface area contributed by atoms with Gasteiger partial charge < -0.3 is 14.2 Å². The van der Waals surface area contributed by atoms with Crippen molar-refractivity contribution in [2.45, 2.75) is 252 Å². The molecule has 1 unspecified atom stereocenters. The van der Waals surface area contributed by atoms with Gasteiger partial charge in [-0.15, -0.1) is 0 Å². The maximum atomic E-state index is 12.8. The first kappa shape index (κ1) is 64.1. The Labute approximate surface area is 419 Å². The summed E-state index contributed by atoms with van der Waals surface area (Å²) in [5, 5.41) is 0. The highest BCUT2D eigenvalue weighted by Crippen LogP contribution is 2.14. The van der Waals surface area contributed by atoms with Gasteiger partial charge in [0, 0.05) is 19.3 Å². The molecule has 0 aromatic carbocycles. The summed E-state index contributed by atoms with van der Waals surface area (Å²) in [7, 11) is 0. The number of carbonyl (C=O) groups excluding carboxylic acids is 3. The number of esters is 3. The van der Waals surface area contributed by atoms with E-state index in [-0.39, 0.29) is 37.5 Å². The zero-order valence-electron chi connectivity index (χ0n) is 44.1. The minimum atomic E-state index is -0.818. The van der Waals surface area contributed by atoms with Gasteiger partial charge in [-0.1, -0.05) is 252 Å². The van der Waals surface area contributed by atoms with Crippen LogP contribution in [0.1, 0.15) is 245 Å². The van der Waals surface area contributed by atoms with Crippen molar-refractivity contribution in [1.82, 2.24) is 0 Å². The molecule has 0 saturated heterocycles. The third kappa shape index (κ3) is 53.0. The number of hydrogen-bond acceptors (Lipinski definition) is 6. The molecule has 0 aliphatic rings. The molecule has 0 aromatic rings. The zero-order valence-corrected chi connectivity index (χ0v) is 44.1. The number of ether oxygens (including phenoxy) is 3. The lowest BCUT2D eigenvalue weighted by Crippen LogP contribution is -2.30. The maximum Gasteiger partial charge on any atom is 0.306 e. The van der Waals surface area contributed by atoms with E-state index in [2.05, 4.69) is 75.5 Å². The van der Waals surface area contributed by atoms with Crippen LogP contribution in [0.4, 0.5) is 0 Å². The van der Waals surface area contributed by atoms with Crippen molar-refractivity contribution in [3.8, 4) is 0 Å². The second-order valence-corrected chi connectivity index (χ2v) is 18.3. The summed E-state index contributed by atoms with van der Waals surface area (Å²) in [6, 6.07) is 0. The van der Waals surface area contributed by atoms with E-state index in [1.54, 1.807) is 0 Å². The second-order valence-electron chi connectivity index (χ2n) is 18.3. The number of hydrogen-bond donors (Lipinski definition) is 0. The van der Waals surface area contributed by atoms with Crippen LogP contribution in [0.25, 0.3) is 0 Å². The van der Waals surface area contributed by atoms with Crippen molar-refractivity contribution in [1.29, 1.82) is 0 Å². The van der Waals surface area contributed by atoms with Gasteiger partial charge in [0.15, 0.2) is 6.10 Å². The van der Waals surface area contributed by atoms with E-state index in [1.165, 1.54) is 128 Å². The predicted molar refractivity (Wildman–Crippen MR) is 293 cm³/mol. The lowest BCUT2D eigenvalue weighted by atomic mass is 10.1. The number of allylic oxidation sites excluding steroid dienone is 18. The van der Waals surface area contributed by atoms with Gasteiger partial charge in [0.05, 0.1) is 0 Å². The molecule has 0 saturated carbocycles. The summed E-state index contributed by atoms with van der Waals surface area (Å²) in [5.41, 5.74) is 0.